The van der Waals surface area contributed by atoms with Gasteiger partial charge in [0.15, 0.2) is 0 Å². The monoisotopic (exact) mass is 442 g/mol. The Bertz CT molecular complexity index is 901. The fourth-order valence-corrected chi connectivity index (χ4v) is 6.29. The van der Waals surface area contributed by atoms with Crippen LogP contribution in [0.15, 0.2) is 0 Å². The lowest BCUT2D eigenvalue weighted by Gasteiger charge is -2.36. The van der Waals surface area contributed by atoms with E-state index in [0.29, 0.717) is 12.3 Å². The summed E-state index contributed by atoms with van der Waals surface area (Å²) in [5.74, 6) is 3.22. The maximum atomic E-state index is 12.6. The van der Waals surface area contributed by atoms with Crippen LogP contribution in [0.1, 0.15) is 82.0 Å². The third-order valence-corrected chi connectivity index (χ3v) is 8.01. The maximum absolute atomic E-state index is 12.6. The van der Waals surface area contributed by atoms with E-state index in [0.717, 1.165) is 88.7 Å². The molecule has 0 saturated carbocycles. The first-order chi connectivity index (χ1) is 15.1. The molecule has 0 radical (unpaired) electrons. The van der Waals surface area contributed by atoms with Crippen LogP contribution in [0.2, 0.25) is 0 Å². The molecule has 2 aromatic rings. The van der Waals surface area contributed by atoms with Crippen LogP contribution in [0.3, 0.4) is 0 Å². The van der Waals surface area contributed by atoms with Crippen molar-refractivity contribution in [2.75, 3.05) is 31.1 Å². The van der Waals surface area contributed by atoms with Crippen LogP contribution in [-0.2, 0) is 24.1 Å². The minimum absolute atomic E-state index is 0.325. The molecule has 5 nitrogen and oxygen atoms in total. The van der Waals surface area contributed by atoms with Crippen LogP contribution in [0.25, 0.3) is 10.2 Å². The van der Waals surface area contributed by atoms with Crippen LogP contribution < -0.4 is 4.90 Å². The number of aryl methyl sites for hydroxylation is 2. The van der Waals surface area contributed by atoms with Crippen molar-refractivity contribution in [1.82, 2.24) is 14.9 Å². The Morgan fingerprint density at radius 3 is 2.58 bits per heavy atom. The first-order valence-corrected chi connectivity index (χ1v) is 13.3. The third-order valence-electron chi connectivity index (χ3n) is 6.86. The molecule has 0 N–H and O–H groups in total. The van der Waals surface area contributed by atoms with Crippen molar-refractivity contribution < 1.29 is 4.79 Å². The number of amides is 1. The zero-order valence-corrected chi connectivity index (χ0v) is 20.4. The fourth-order valence-electron chi connectivity index (χ4n) is 4.89. The lowest BCUT2D eigenvalue weighted by Crippen LogP contribution is -2.49. The molecule has 170 valence electrons. The Kier molecular flexibility index (Phi) is 7.47. The van der Waals surface area contributed by atoms with Crippen molar-refractivity contribution in [1.29, 1.82) is 0 Å². The Hall–Kier alpha value is -1.69. The van der Waals surface area contributed by atoms with Crippen molar-refractivity contribution in [3.05, 3.63) is 16.3 Å². The molecule has 0 aromatic carbocycles. The van der Waals surface area contributed by atoms with Crippen LogP contribution in [-0.4, -0.2) is 47.0 Å². The van der Waals surface area contributed by atoms with Crippen molar-refractivity contribution in [3.63, 3.8) is 0 Å². The Morgan fingerprint density at radius 2 is 1.84 bits per heavy atom. The zero-order chi connectivity index (χ0) is 21.8. The van der Waals surface area contributed by atoms with E-state index in [1.165, 1.54) is 33.5 Å². The van der Waals surface area contributed by atoms with E-state index in [-0.39, 0.29) is 0 Å². The summed E-state index contributed by atoms with van der Waals surface area (Å²) >= 11 is 1.90. The van der Waals surface area contributed by atoms with Gasteiger partial charge < -0.3 is 9.80 Å². The smallest absolute Gasteiger partial charge is 0.222 e. The molecular formula is C25H38N4OS. The van der Waals surface area contributed by atoms with E-state index >= 15 is 0 Å². The number of rotatable bonds is 8. The number of piperazine rings is 1. The zero-order valence-electron chi connectivity index (χ0n) is 19.6. The fraction of sp³-hybridized carbons (Fsp3) is 0.720. The molecule has 1 amide bonds. The molecular weight excluding hydrogens is 404 g/mol. The molecule has 1 fully saturated rings. The molecule has 31 heavy (non-hydrogen) atoms. The van der Waals surface area contributed by atoms with Gasteiger partial charge in [0, 0.05) is 43.9 Å². The molecule has 0 bridgehead atoms. The van der Waals surface area contributed by atoms with Gasteiger partial charge in [0.2, 0.25) is 5.91 Å². The molecule has 3 heterocycles. The van der Waals surface area contributed by atoms with Gasteiger partial charge >= 0.3 is 0 Å². The van der Waals surface area contributed by atoms with Gasteiger partial charge in [-0.3, -0.25) is 4.79 Å². The van der Waals surface area contributed by atoms with Gasteiger partial charge in [-0.1, -0.05) is 40.0 Å². The van der Waals surface area contributed by atoms with Gasteiger partial charge in [0.05, 0.1) is 5.39 Å². The summed E-state index contributed by atoms with van der Waals surface area (Å²) in [6.07, 6.45) is 10.9. The number of thiophene rings is 1. The Balaban J connectivity index is 1.57. The number of carbonyl (C=O) groups is 1. The summed E-state index contributed by atoms with van der Waals surface area (Å²) in [6.45, 7) is 10.1. The van der Waals surface area contributed by atoms with Crippen LogP contribution in [0, 0.1) is 5.92 Å². The summed E-state index contributed by atoms with van der Waals surface area (Å²) in [5.41, 5.74) is 1.51. The standard InChI is InChI=1S/C25H38N4OS/c1-4-6-8-10-22(30)28-13-15-29(16-14-28)24-23-19-12-11-18(3)17-20(19)31-25(23)27-21(26-24)9-7-5-2/h18H,4-17H2,1-3H3/t18-/m0/s1. The minimum Gasteiger partial charge on any atom is -0.352 e. The van der Waals surface area contributed by atoms with Gasteiger partial charge in [-0.2, -0.15) is 0 Å². The predicted octanol–water partition coefficient (Wildman–Crippen LogP) is 5.39. The number of unbranched alkanes of at least 4 members (excludes halogenated alkanes) is 3. The number of hydrogen-bond donors (Lipinski definition) is 0. The van der Waals surface area contributed by atoms with E-state index in [1.54, 1.807) is 0 Å². The number of anilines is 1. The summed E-state index contributed by atoms with van der Waals surface area (Å²) in [6, 6.07) is 0. The SMILES string of the molecule is CCCCCC(=O)N1CCN(c2nc(CCCC)nc3sc4c(c23)CC[C@H](C)C4)CC1. The second-order valence-corrected chi connectivity index (χ2v) is 10.5. The summed E-state index contributed by atoms with van der Waals surface area (Å²) in [5, 5.41) is 1.31. The topological polar surface area (TPSA) is 49.3 Å². The molecule has 0 unspecified atom stereocenters. The van der Waals surface area contributed by atoms with E-state index in [2.05, 4.69) is 30.6 Å². The minimum atomic E-state index is 0.325. The summed E-state index contributed by atoms with van der Waals surface area (Å²) < 4.78 is 0. The number of carbonyl (C=O) groups excluding carboxylic acids is 1. The molecule has 1 aliphatic carbocycles. The van der Waals surface area contributed by atoms with E-state index in [4.69, 9.17) is 9.97 Å². The molecule has 1 atom stereocenters. The maximum Gasteiger partial charge on any atom is 0.222 e. The average Bonchev–Trinajstić information content (AvgIpc) is 3.14. The quantitative estimate of drug-likeness (QED) is 0.515. The molecule has 2 aromatic heterocycles. The van der Waals surface area contributed by atoms with Crippen LogP contribution in [0.5, 0.6) is 0 Å². The highest BCUT2D eigenvalue weighted by Crippen LogP contribution is 2.41. The number of nitrogens with zero attached hydrogens (tertiary/aromatic N) is 4. The highest BCUT2D eigenvalue weighted by molar-refractivity contribution is 7.19. The van der Waals surface area contributed by atoms with Crippen molar-refractivity contribution in [2.24, 2.45) is 5.92 Å². The highest BCUT2D eigenvalue weighted by Gasteiger charge is 2.28. The average molecular weight is 443 g/mol. The Morgan fingerprint density at radius 1 is 1.06 bits per heavy atom. The van der Waals surface area contributed by atoms with Gasteiger partial charge in [-0.25, -0.2) is 9.97 Å². The second kappa shape index (κ2) is 10.3. The highest BCUT2D eigenvalue weighted by atomic mass is 32.1. The molecule has 4 rings (SSSR count). The van der Waals surface area contributed by atoms with Gasteiger partial charge in [0.1, 0.15) is 16.5 Å². The van der Waals surface area contributed by atoms with Gasteiger partial charge in [-0.05, 0) is 43.6 Å². The van der Waals surface area contributed by atoms with Gasteiger partial charge in [0.25, 0.3) is 0 Å². The molecule has 0 spiro atoms. The Labute approximate surface area is 191 Å². The molecule has 2 aliphatic rings. The number of fused-ring (bicyclic) bond motifs is 3. The van der Waals surface area contributed by atoms with Crippen molar-refractivity contribution in [2.45, 2.75) is 85.0 Å². The normalized spacial score (nSPS) is 19.1. The van der Waals surface area contributed by atoms with Crippen molar-refractivity contribution >= 4 is 33.3 Å². The van der Waals surface area contributed by atoms with Crippen LogP contribution >= 0.6 is 11.3 Å². The van der Waals surface area contributed by atoms with Gasteiger partial charge in [-0.15, -0.1) is 11.3 Å². The first-order valence-electron chi connectivity index (χ1n) is 12.4. The first kappa shape index (κ1) is 22.5. The molecule has 1 saturated heterocycles. The lowest BCUT2D eigenvalue weighted by atomic mass is 9.89. The summed E-state index contributed by atoms with van der Waals surface area (Å²) in [4.78, 5) is 29.9. The second-order valence-electron chi connectivity index (χ2n) is 9.42. The third kappa shape index (κ3) is 5.05. The largest absolute Gasteiger partial charge is 0.352 e. The number of hydrogen-bond acceptors (Lipinski definition) is 5. The van der Waals surface area contributed by atoms with E-state index < -0.39 is 0 Å². The summed E-state index contributed by atoms with van der Waals surface area (Å²) in [7, 11) is 0. The van der Waals surface area contributed by atoms with Crippen molar-refractivity contribution in [3.8, 4) is 0 Å². The molecule has 1 aliphatic heterocycles. The predicted molar refractivity (Wildman–Crippen MR) is 130 cm³/mol. The van der Waals surface area contributed by atoms with Crippen LogP contribution in [0.4, 0.5) is 5.82 Å². The molecule has 6 heteroatoms. The lowest BCUT2D eigenvalue weighted by molar-refractivity contribution is -0.131. The van der Waals surface area contributed by atoms with E-state index in [1.807, 2.05) is 11.3 Å². The van der Waals surface area contributed by atoms with E-state index in [9.17, 15) is 4.79 Å². The number of aromatic nitrogens is 2.